The first-order valence-electron chi connectivity index (χ1n) is 7.72. The zero-order valence-electron chi connectivity index (χ0n) is 12.9. The number of sulfonamides is 1. The molecule has 0 aromatic heterocycles. The van der Waals surface area contributed by atoms with E-state index in [9.17, 15) is 8.42 Å². The first-order chi connectivity index (χ1) is 10.5. The van der Waals surface area contributed by atoms with Gasteiger partial charge in [0.15, 0.2) is 0 Å². The highest BCUT2D eigenvalue weighted by Gasteiger charge is 2.19. The van der Waals surface area contributed by atoms with Crippen LogP contribution in [0, 0.1) is 0 Å². The molecule has 0 bridgehead atoms. The van der Waals surface area contributed by atoms with E-state index >= 15 is 0 Å². The molecule has 1 aromatic rings. The minimum Gasteiger partial charge on any atom is -0.378 e. The lowest BCUT2D eigenvalue weighted by atomic mass is 10.2. The summed E-state index contributed by atoms with van der Waals surface area (Å²) >= 11 is 0. The summed E-state index contributed by atoms with van der Waals surface area (Å²) in [6.07, 6.45) is 3.51. The zero-order chi connectivity index (χ0) is 15.6. The third-order valence-corrected chi connectivity index (χ3v) is 4.69. The highest BCUT2D eigenvalue weighted by Crippen LogP contribution is 2.33. The molecule has 2 aliphatic rings. The van der Waals surface area contributed by atoms with Crippen LogP contribution in [0.15, 0.2) is 18.2 Å². The van der Waals surface area contributed by atoms with Gasteiger partial charge in [-0.1, -0.05) is 0 Å². The lowest BCUT2D eigenvalue weighted by Gasteiger charge is -2.30. The normalized spacial score (nSPS) is 19.5. The second-order valence-electron chi connectivity index (χ2n) is 5.87. The molecule has 0 saturated carbocycles. The van der Waals surface area contributed by atoms with Crippen LogP contribution in [-0.4, -0.2) is 54.1 Å². The van der Waals surface area contributed by atoms with E-state index in [0.717, 1.165) is 50.4 Å². The summed E-state index contributed by atoms with van der Waals surface area (Å²) < 4.78 is 31.4. The standard InChI is InChI=1S/C15H23N3O3S/c1-22(19,20)16-14-12-13(17-8-10-21-11-9-17)4-5-15(14)18-6-2-3-7-18/h4-5,12,16H,2-3,6-11H2,1H3. The van der Waals surface area contributed by atoms with Gasteiger partial charge in [0.25, 0.3) is 0 Å². The van der Waals surface area contributed by atoms with Crippen molar-refractivity contribution in [1.82, 2.24) is 0 Å². The van der Waals surface area contributed by atoms with Crippen molar-refractivity contribution in [2.24, 2.45) is 0 Å². The monoisotopic (exact) mass is 325 g/mol. The van der Waals surface area contributed by atoms with Crippen LogP contribution in [0.4, 0.5) is 17.1 Å². The maximum atomic E-state index is 11.7. The second kappa shape index (κ2) is 6.34. The Labute approximate surface area is 132 Å². The van der Waals surface area contributed by atoms with Gasteiger partial charge >= 0.3 is 0 Å². The summed E-state index contributed by atoms with van der Waals surface area (Å²) in [4.78, 5) is 4.47. The fourth-order valence-electron chi connectivity index (χ4n) is 3.06. The van der Waals surface area contributed by atoms with Gasteiger partial charge in [0.05, 0.1) is 30.8 Å². The molecule has 2 saturated heterocycles. The quantitative estimate of drug-likeness (QED) is 0.909. The zero-order valence-corrected chi connectivity index (χ0v) is 13.7. The molecule has 122 valence electrons. The van der Waals surface area contributed by atoms with E-state index in [1.807, 2.05) is 12.1 Å². The Hall–Kier alpha value is -1.47. The number of ether oxygens (including phenoxy) is 1. The van der Waals surface area contributed by atoms with Crippen molar-refractivity contribution < 1.29 is 13.2 Å². The number of morpholine rings is 1. The fraction of sp³-hybridized carbons (Fsp3) is 0.600. The van der Waals surface area contributed by atoms with Crippen molar-refractivity contribution in [3.63, 3.8) is 0 Å². The smallest absolute Gasteiger partial charge is 0.229 e. The van der Waals surface area contributed by atoms with E-state index in [4.69, 9.17) is 4.74 Å². The first-order valence-corrected chi connectivity index (χ1v) is 9.61. The van der Waals surface area contributed by atoms with Crippen LogP contribution in [-0.2, 0) is 14.8 Å². The van der Waals surface area contributed by atoms with Crippen molar-refractivity contribution in [2.75, 3.05) is 60.2 Å². The molecule has 0 unspecified atom stereocenters. The van der Waals surface area contributed by atoms with Gasteiger partial charge in [-0.15, -0.1) is 0 Å². The van der Waals surface area contributed by atoms with Gasteiger partial charge in [-0.25, -0.2) is 8.42 Å². The molecule has 1 N–H and O–H groups in total. The summed E-state index contributed by atoms with van der Waals surface area (Å²) in [5.41, 5.74) is 2.69. The molecule has 6 nitrogen and oxygen atoms in total. The first kappa shape index (κ1) is 15.4. The third kappa shape index (κ3) is 3.64. The fourth-order valence-corrected chi connectivity index (χ4v) is 3.62. The predicted octanol–water partition coefficient (Wildman–Crippen LogP) is 1.49. The molecule has 0 radical (unpaired) electrons. The van der Waals surface area contributed by atoms with E-state index in [1.165, 1.54) is 6.26 Å². The molecule has 0 amide bonds. The van der Waals surface area contributed by atoms with Crippen LogP contribution in [0.2, 0.25) is 0 Å². The Bertz CT molecular complexity index is 621. The molecule has 2 aliphatic heterocycles. The van der Waals surface area contributed by atoms with Gasteiger partial charge < -0.3 is 14.5 Å². The molecule has 22 heavy (non-hydrogen) atoms. The molecule has 3 rings (SSSR count). The summed E-state index contributed by atoms with van der Waals surface area (Å²) in [5.74, 6) is 0. The number of nitrogens with zero attached hydrogens (tertiary/aromatic N) is 2. The van der Waals surface area contributed by atoms with Crippen LogP contribution < -0.4 is 14.5 Å². The van der Waals surface area contributed by atoms with Crippen molar-refractivity contribution in [2.45, 2.75) is 12.8 Å². The van der Waals surface area contributed by atoms with Crippen LogP contribution in [0.1, 0.15) is 12.8 Å². The van der Waals surface area contributed by atoms with E-state index in [1.54, 1.807) is 0 Å². The Morgan fingerprint density at radius 1 is 1.05 bits per heavy atom. The van der Waals surface area contributed by atoms with Crippen molar-refractivity contribution in [3.8, 4) is 0 Å². The Balaban J connectivity index is 1.92. The average molecular weight is 325 g/mol. The molecule has 0 spiro atoms. The lowest BCUT2D eigenvalue weighted by Crippen LogP contribution is -2.36. The van der Waals surface area contributed by atoms with Crippen molar-refractivity contribution >= 4 is 27.1 Å². The Morgan fingerprint density at radius 3 is 2.36 bits per heavy atom. The third-order valence-electron chi connectivity index (χ3n) is 4.10. The largest absolute Gasteiger partial charge is 0.378 e. The van der Waals surface area contributed by atoms with E-state index in [0.29, 0.717) is 18.9 Å². The molecular weight excluding hydrogens is 302 g/mol. The minimum atomic E-state index is -3.30. The molecule has 2 fully saturated rings. The molecule has 0 atom stereocenters. The molecule has 2 heterocycles. The summed E-state index contributed by atoms with van der Waals surface area (Å²) in [5, 5.41) is 0. The number of hydrogen-bond donors (Lipinski definition) is 1. The van der Waals surface area contributed by atoms with Gasteiger partial charge in [-0.3, -0.25) is 4.72 Å². The van der Waals surface area contributed by atoms with Crippen molar-refractivity contribution in [1.29, 1.82) is 0 Å². The highest BCUT2D eigenvalue weighted by molar-refractivity contribution is 7.92. The number of nitrogens with one attached hydrogen (secondary N) is 1. The van der Waals surface area contributed by atoms with E-state index in [2.05, 4.69) is 20.6 Å². The van der Waals surface area contributed by atoms with Crippen LogP contribution in [0.25, 0.3) is 0 Å². The maximum absolute atomic E-state index is 11.7. The van der Waals surface area contributed by atoms with Crippen LogP contribution in [0.3, 0.4) is 0 Å². The van der Waals surface area contributed by atoms with E-state index < -0.39 is 10.0 Å². The van der Waals surface area contributed by atoms with Crippen molar-refractivity contribution in [3.05, 3.63) is 18.2 Å². The summed E-state index contributed by atoms with van der Waals surface area (Å²) in [6.45, 7) is 5.05. The van der Waals surface area contributed by atoms with Gasteiger partial charge in [-0.2, -0.15) is 0 Å². The lowest BCUT2D eigenvalue weighted by molar-refractivity contribution is 0.122. The number of rotatable bonds is 4. The number of hydrogen-bond acceptors (Lipinski definition) is 5. The molecular formula is C15H23N3O3S. The van der Waals surface area contributed by atoms with Gasteiger partial charge in [0.2, 0.25) is 10.0 Å². The van der Waals surface area contributed by atoms with Crippen LogP contribution >= 0.6 is 0 Å². The van der Waals surface area contributed by atoms with Gasteiger partial charge in [-0.05, 0) is 31.0 Å². The second-order valence-corrected chi connectivity index (χ2v) is 7.62. The Kier molecular flexibility index (Phi) is 4.44. The summed E-state index contributed by atoms with van der Waals surface area (Å²) in [7, 11) is -3.30. The SMILES string of the molecule is CS(=O)(=O)Nc1cc(N2CCOCC2)ccc1N1CCCC1. The predicted molar refractivity (Wildman–Crippen MR) is 89.4 cm³/mol. The Morgan fingerprint density at radius 2 is 1.73 bits per heavy atom. The topological polar surface area (TPSA) is 61.9 Å². The molecule has 0 aliphatic carbocycles. The maximum Gasteiger partial charge on any atom is 0.229 e. The molecule has 1 aromatic carbocycles. The summed E-state index contributed by atoms with van der Waals surface area (Å²) in [6, 6.07) is 6.05. The minimum absolute atomic E-state index is 0.674. The highest BCUT2D eigenvalue weighted by atomic mass is 32.2. The van der Waals surface area contributed by atoms with Crippen LogP contribution in [0.5, 0.6) is 0 Å². The van der Waals surface area contributed by atoms with E-state index in [-0.39, 0.29) is 0 Å². The number of anilines is 3. The molecule has 7 heteroatoms. The van der Waals surface area contributed by atoms with Gasteiger partial charge in [0.1, 0.15) is 0 Å². The average Bonchev–Trinajstić information content (AvgIpc) is 3.00. The van der Waals surface area contributed by atoms with Gasteiger partial charge in [0, 0.05) is 31.9 Å². The number of benzene rings is 1.